The van der Waals surface area contributed by atoms with Crippen molar-refractivity contribution in [1.82, 2.24) is 10.3 Å². The molecular formula is C47H62N2O8. The van der Waals surface area contributed by atoms with Crippen molar-refractivity contribution in [3.63, 3.8) is 0 Å². The molecule has 10 nitrogen and oxygen atoms in total. The Hall–Kier alpha value is -4.48. The number of aromatic nitrogens is 1. The third-order valence-corrected chi connectivity index (χ3v) is 9.81. The van der Waals surface area contributed by atoms with Crippen molar-refractivity contribution in [1.29, 1.82) is 0 Å². The molecule has 0 saturated carbocycles. The third-order valence-electron chi connectivity index (χ3n) is 9.81. The number of ketones is 1. The van der Waals surface area contributed by atoms with E-state index in [2.05, 4.69) is 48.4 Å². The first-order valence-electron chi connectivity index (χ1n) is 20.5. The first kappa shape index (κ1) is 45.2. The summed E-state index contributed by atoms with van der Waals surface area (Å²) >= 11 is 0. The number of amides is 1. The molecule has 0 aliphatic heterocycles. The maximum Gasteiger partial charge on any atom is 0.303 e. The van der Waals surface area contributed by atoms with Gasteiger partial charge in [0.1, 0.15) is 0 Å². The predicted octanol–water partition coefficient (Wildman–Crippen LogP) is 8.30. The standard InChI is InChI=1S/C47H62N2O8/c1-35(2)20-23-55-25-27-57-29-28-56-26-24-54-22-9-12-37-17-18-44(45-15-6-5-14-43(37)45)39-11-8-10-38(31-39)40(33-47(52)53)32-42(50)34-49-46(51)16-7-4-13-41-30-36(3)19-21-48-41/h5-6,8,10-11,14-15,17-19,21,30-31,35,40H,4,7,9,12-13,16,20,22-29,32-34H2,1-3H3,(H,49,51)(H,52,53)/t40-/m0/s1. The number of carboxylic acid groups (broad SMARTS) is 1. The molecule has 0 bridgehead atoms. The van der Waals surface area contributed by atoms with Crippen molar-refractivity contribution in [2.45, 2.75) is 84.5 Å². The van der Waals surface area contributed by atoms with Gasteiger partial charge < -0.3 is 29.4 Å². The highest BCUT2D eigenvalue weighted by Gasteiger charge is 2.21. The number of hydrogen-bond acceptors (Lipinski definition) is 8. The zero-order valence-corrected chi connectivity index (χ0v) is 34.1. The Morgan fingerprint density at radius 1 is 0.719 bits per heavy atom. The lowest BCUT2D eigenvalue weighted by Crippen LogP contribution is -2.30. The van der Waals surface area contributed by atoms with Gasteiger partial charge >= 0.3 is 5.97 Å². The summed E-state index contributed by atoms with van der Waals surface area (Å²) in [5.41, 5.74) is 6.17. The average molecular weight is 783 g/mol. The SMILES string of the molecule is Cc1ccnc(CCCCC(=O)NCC(=O)C[C@@H](CC(=O)O)c2cccc(-c3ccc(CCCOCCOCCOCCOCCC(C)C)c4ccccc34)c2)c1. The van der Waals surface area contributed by atoms with E-state index < -0.39 is 11.9 Å². The third kappa shape index (κ3) is 17.3. The van der Waals surface area contributed by atoms with E-state index in [1.54, 1.807) is 6.20 Å². The number of pyridine rings is 1. The molecule has 2 N–H and O–H groups in total. The molecule has 308 valence electrons. The largest absolute Gasteiger partial charge is 0.481 e. The number of fused-ring (bicyclic) bond motifs is 1. The number of unbranched alkanes of at least 4 members (excludes halogenated alkanes) is 1. The van der Waals surface area contributed by atoms with Crippen molar-refractivity contribution >= 4 is 28.4 Å². The smallest absolute Gasteiger partial charge is 0.303 e. The molecule has 1 amide bonds. The summed E-state index contributed by atoms with van der Waals surface area (Å²) in [6.45, 7) is 11.0. The van der Waals surface area contributed by atoms with Crippen molar-refractivity contribution in [2.24, 2.45) is 5.92 Å². The molecule has 4 aromatic rings. The number of aliphatic carboxylic acids is 1. The summed E-state index contributed by atoms with van der Waals surface area (Å²) in [6, 6.07) is 24.4. The van der Waals surface area contributed by atoms with E-state index in [0.717, 1.165) is 77.4 Å². The minimum Gasteiger partial charge on any atom is -0.481 e. The van der Waals surface area contributed by atoms with Crippen LogP contribution in [0.25, 0.3) is 21.9 Å². The molecule has 0 aliphatic rings. The number of ether oxygens (including phenoxy) is 4. The topological polar surface area (TPSA) is 133 Å². The van der Waals surface area contributed by atoms with Gasteiger partial charge in [-0.3, -0.25) is 19.4 Å². The lowest BCUT2D eigenvalue weighted by atomic mass is 9.87. The summed E-state index contributed by atoms with van der Waals surface area (Å²) in [6.07, 6.45) is 7.06. The number of aryl methyl sites for hydroxylation is 3. The van der Waals surface area contributed by atoms with E-state index in [1.807, 2.05) is 55.5 Å². The van der Waals surface area contributed by atoms with Crippen molar-refractivity contribution in [3.05, 3.63) is 101 Å². The van der Waals surface area contributed by atoms with Crippen LogP contribution in [0.5, 0.6) is 0 Å². The van der Waals surface area contributed by atoms with Crippen LogP contribution in [0.15, 0.2) is 79.0 Å². The van der Waals surface area contributed by atoms with E-state index in [-0.39, 0.29) is 31.1 Å². The number of carbonyl (C=O) groups excluding carboxylic acids is 2. The molecular weight excluding hydrogens is 721 g/mol. The maximum absolute atomic E-state index is 13.0. The van der Waals surface area contributed by atoms with Crippen molar-refractivity contribution in [3.8, 4) is 11.1 Å². The van der Waals surface area contributed by atoms with Gasteiger partial charge in [-0.15, -0.1) is 0 Å². The monoisotopic (exact) mass is 782 g/mol. The number of nitrogens with zero attached hydrogens (tertiary/aromatic N) is 1. The van der Waals surface area contributed by atoms with Crippen LogP contribution in [0.3, 0.4) is 0 Å². The van der Waals surface area contributed by atoms with Gasteiger partial charge in [0.2, 0.25) is 5.91 Å². The van der Waals surface area contributed by atoms with Gasteiger partial charge in [-0.05, 0) is 102 Å². The molecule has 10 heteroatoms. The summed E-state index contributed by atoms with van der Waals surface area (Å²) in [5, 5.41) is 14.8. The maximum atomic E-state index is 13.0. The van der Waals surface area contributed by atoms with Crippen LogP contribution >= 0.6 is 0 Å². The van der Waals surface area contributed by atoms with Crippen LogP contribution in [0, 0.1) is 12.8 Å². The van der Waals surface area contributed by atoms with Crippen LogP contribution in [0.4, 0.5) is 0 Å². The number of carbonyl (C=O) groups is 3. The van der Waals surface area contributed by atoms with E-state index in [1.165, 1.54) is 5.56 Å². The number of hydrogen-bond donors (Lipinski definition) is 2. The lowest BCUT2D eigenvalue weighted by molar-refractivity contribution is -0.137. The van der Waals surface area contributed by atoms with Gasteiger partial charge in [-0.2, -0.15) is 0 Å². The summed E-state index contributed by atoms with van der Waals surface area (Å²) in [7, 11) is 0. The second-order valence-corrected chi connectivity index (χ2v) is 15.0. The fraction of sp³-hybridized carbons (Fsp3) is 0.489. The zero-order chi connectivity index (χ0) is 40.7. The Balaban J connectivity index is 1.22. The Labute approximate surface area is 338 Å². The van der Waals surface area contributed by atoms with Crippen molar-refractivity contribution in [2.75, 3.05) is 59.4 Å². The molecule has 0 saturated heterocycles. The second-order valence-electron chi connectivity index (χ2n) is 15.0. The molecule has 0 spiro atoms. The first-order chi connectivity index (χ1) is 27.7. The Morgan fingerprint density at radius 3 is 2.12 bits per heavy atom. The molecule has 1 aromatic heterocycles. The van der Waals surface area contributed by atoms with Gasteiger partial charge in [0.05, 0.1) is 52.6 Å². The van der Waals surface area contributed by atoms with Gasteiger partial charge in [-0.25, -0.2) is 0 Å². The van der Waals surface area contributed by atoms with Crippen molar-refractivity contribution < 1.29 is 38.4 Å². The minimum absolute atomic E-state index is 0.0198. The summed E-state index contributed by atoms with van der Waals surface area (Å²) in [4.78, 5) is 41.8. The summed E-state index contributed by atoms with van der Waals surface area (Å²) < 4.78 is 22.6. The van der Waals surface area contributed by atoms with Gasteiger partial charge in [0, 0.05) is 43.9 Å². The van der Waals surface area contributed by atoms with Crippen LogP contribution in [-0.2, 0) is 46.2 Å². The van der Waals surface area contributed by atoms with E-state index in [4.69, 9.17) is 18.9 Å². The number of nitrogens with one attached hydrogen (secondary N) is 1. The highest BCUT2D eigenvalue weighted by atomic mass is 16.6. The Morgan fingerprint density at radius 2 is 1.42 bits per heavy atom. The molecule has 0 fully saturated rings. The minimum atomic E-state index is -0.976. The number of benzene rings is 3. The van der Waals surface area contributed by atoms with Crippen LogP contribution in [-0.4, -0.2) is 87.2 Å². The highest BCUT2D eigenvalue weighted by molar-refractivity contribution is 5.98. The molecule has 57 heavy (non-hydrogen) atoms. The molecule has 0 radical (unpaired) electrons. The molecule has 4 rings (SSSR count). The first-order valence-corrected chi connectivity index (χ1v) is 20.5. The average Bonchev–Trinajstić information content (AvgIpc) is 3.19. The molecule has 0 unspecified atom stereocenters. The Kier molecular flexibility index (Phi) is 20.4. The highest BCUT2D eigenvalue weighted by Crippen LogP contribution is 2.34. The molecule has 3 aromatic carbocycles. The van der Waals surface area contributed by atoms with E-state index in [9.17, 15) is 19.5 Å². The normalized spacial score (nSPS) is 11.9. The molecule has 1 atom stereocenters. The fourth-order valence-corrected chi connectivity index (χ4v) is 6.72. The van der Waals surface area contributed by atoms with Crippen LogP contribution in [0.1, 0.15) is 87.1 Å². The number of Topliss-reactive ketones (excluding diaryl/α,β-unsaturated/α-hetero) is 1. The number of rotatable bonds is 29. The number of carboxylic acids is 1. The van der Waals surface area contributed by atoms with Crippen LogP contribution in [0.2, 0.25) is 0 Å². The molecule has 1 heterocycles. The zero-order valence-electron chi connectivity index (χ0n) is 34.1. The quantitative estimate of drug-likeness (QED) is 0.0522. The van der Waals surface area contributed by atoms with E-state index >= 15 is 0 Å². The second kappa shape index (κ2) is 25.7. The Bertz CT molecular complexity index is 1830. The van der Waals surface area contributed by atoms with Gasteiger partial charge in [-0.1, -0.05) is 74.5 Å². The summed E-state index contributed by atoms with van der Waals surface area (Å²) in [5.74, 6) is -1.24. The van der Waals surface area contributed by atoms with Gasteiger partial charge in [0.15, 0.2) is 5.78 Å². The molecule has 0 aliphatic carbocycles. The fourth-order valence-electron chi connectivity index (χ4n) is 6.72. The lowest BCUT2D eigenvalue weighted by Gasteiger charge is -2.17. The predicted molar refractivity (Wildman–Crippen MR) is 225 cm³/mol. The van der Waals surface area contributed by atoms with Crippen LogP contribution < -0.4 is 5.32 Å². The van der Waals surface area contributed by atoms with E-state index in [0.29, 0.717) is 65.0 Å². The van der Waals surface area contributed by atoms with Gasteiger partial charge in [0.25, 0.3) is 0 Å².